The van der Waals surface area contributed by atoms with E-state index in [4.69, 9.17) is 0 Å². The van der Waals surface area contributed by atoms with Crippen molar-refractivity contribution in [3.63, 3.8) is 0 Å². The molecule has 1 unspecified atom stereocenters. The molecule has 1 aromatic carbocycles. The minimum Gasteiger partial charge on any atom is -0.396 e. The summed E-state index contributed by atoms with van der Waals surface area (Å²) >= 11 is 0. The molecular formula is C16H24O4S. The molecule has 1 atom stereocenters. The van der Waals surface area contributed by atoms with Gasteiger partial charge in [0.1, 0.15) is 0 Å². The van der Waals surface area contributed by atoms with Crippen molar-refractivity contribution in [2.24, 2.45) is 11.3 Å². The third kappa shape index (κ3) is 3.47. The first-order valence-electron chi connectivity index (χ1n) is 7.30. The van der Waals surface area contributed by atoms with E-state index >= 15 is 0 Å². The molecule has 0 saturated carbocycles. The quantitative estimate of drug-likeness (QED) is 0.858. The Morgan fingerprint density at radius 2 is 1.90 bits per heavy atom. The molecule has 1 aliphatic heterocycles. The van der Waals surface area contributed by atoms with Crippen molar-refractivity contribution in [3.8, 4) is 0 Å². The number of benzene rings is 1. The van der Waals surface area contributed by atoms with Crippen molar-refractivity contribution < 1.29 is 18.6 Å². The third-order valence-electron chi connectivity index (χ3n) is 4.78. The lowest BCUT2D eigenvalue weighted by Crippen LogP contribution is -2.41. The summed E-state index contributed by atoms with van der Waals surface area (Å²) in [6.45, 7) is 3.61. The van der Waals surface area contributed by atoms with Crippen LogP contribution in [0.5, 0.6) is 0 Å². The van der Waals surface area contributed by atoms with Crippen molar-refractivity contribution in [1.29, 1.82) is 0 Å². The Kier molecular flexibility index (Phi) is 4.76. The summed E-state index contributed by atoms with van der Waals surface area (Å²) in [4.78, 5) is 0. The summed E-state index contributed by atoms with van der Waals surface area (Å²) in [5.41, 5.74) is 2.54. The molecule has 4 nitrogen and oxygen atoms in total. The first kappa shape index (κ1) is 16.5. The van der Waals surface area contributed by atoms with Gasteiger partial charge < -0.3 is 10.2 Å². The predicted molar refractivity (Wildman–Crippen MR) is 83.0 cm³/mol. The van der Waals surface area contributed by atoms with Gasteiger partial charge in [-0.15, -0.1) is 0 Å². The molecule has 0 spiro atoms. The molecule has 1 aliphatic rings. The Balaban J connectivity index is 2.32. The fourth-order valence-corrected chi connectivity index (χ4v) is 5.16. The minimum atomic E-state index is -3.03. The van der Waals surface area contributed by atoms with Gasteiger partial charge in [-0.3, -0.25) is 0 Å². The van der Waals surface area contributed by atoms with Crippen LogP contribution in [0.15, 0.2) is 18.2 Å². The second-order valence-corrected chi connectivity index (χ2v) is 8.61. The highest BCUT2D eigenvalue weighted by Gasteiger charge is 2.44. The largest absolute Gasteiger partial charge is 0.396 e. The van der Waals surface area contributed by atoms with Crippen LogP contribution < -0.4 is 0 Å². The van der Waals surface area contributed by atoms with E-state index in [1.54, 1.807) is 0 Å². The zero-order chi connectivity index (χ0) is 15.7. The van der Waals surface area contributed by atoms with Crippen molar-refractivity contribution in [2.45, 2.75) is 26.7 Å². The molecule has 2 rings (SSSR count). The molecule has 0 bridgehead atoms. The summed E-state index contributed by atoms with van der Waals surface area (Å²) in [5, 5.41) is 19.7. The predicted octanol–water partition coefficient (Wildman–Crippen LogP) is 1.25. The van der Waals surface area contributed by atoms with Gasteiger partial charge in [0.25, 0.3) is 0 Å². The second-order valence-electron chi connectivity index (χ2n) is 6.39. The van der Waals surface area contributed by atoms with E-state index in [1.807, 2.05) is 26.0 Å². The maximum absolute atomic E-state index is 11.7. The molecule has 2 N–H and O–H groups in total. The highest BCUT2D eigenvalue weighted by molar-refractivity contribution is 7.91. The maximum atomic E-state index is 11.7. The Bertz CT molecular complexity index is 603. The van der Waals surface area contributed by atoms with E-state index in [9.17, 15) is 18.6 Å². The number of hydrogen-bond donors (Lipinski definition) is 2. The van der Waals surface area contributed by atoms with Crippen molar-refractivity contribution in [2.75, 3.05) is 24.7 Å². The van der Waals surface area contributed by atoms with Crippen LogP contribution >= 0.6 is 0 Å². The minimum absolute atomic E-state index is 0.0684. The molecule has 1 aromatic rings. The maximum Gasteiger partial charge on any atom is 0.150 e. The number of aliphatic hydroxyl groups excluding tert-OH is 2. The van der Waals surface area contributed by atoms with E-state index in [0.29, 0.717) is 12.8 Å². The van der Waals surface area contributed by atoms with Gasteiger partial charge in [-0.2, -0.15) is 0 Å². The van der Waals surface area contributed by atoms with Crippen LogP contribution in [0.1, 0.15) is 23.1 Å². The van der Waals surface area contributed by atoms with Gasteiger partial charge in [0.2, 0.25) is 0 Å². The zero-order valence-electron chi connectivity index (χ0n) is 12.7. The van der Waals surface area contributed by atoms with Crippen LogP contribution in [0, 0.1) is 25.2 Å². The normalized spacial score (nSPS) is 21.6. The van der Waals surface area contributed by atoms with Gasteiger partial charge in [0.15, 0.2) is 9.84 Å². The SMILES string of the molecule is Cc1ccc(C)c(CC(CO)(CO)C2CCS(=O)(=O)C2)c1. The molecule has 1 saturated heterocycles. The van der Waals surface area contributed by atoms with Gasteiger partial charge in [-0.05, 0) is 43.7 Å². The van der Waals surface area contributed by atoms with E-state index in [2.05, 4.69) is 6.07 Å². The van der Waals surface area contributed by atoms with Crippen molar-refractivity contribution >= 4 is 9.84 Å². The van der Waals surface area contributed by atoms with Gasteiger partial charge >= 0.3 is 0 Å². The molecule has 118 valence electrons. The third-order valence-corrected chi connectivity index (χ3v) is 6.54. The van der Waals surface area contributed by atoms with Gasteiger partial charge in [-0.1, -0.05) is 23.8 Å². The first-order valence-corrected chi connectivity index (χ1v) is 9.12. The lowest BCUT2D eigenvalue weighted by Gasteiger charge is -2.36. The molecule has 1 heterocycles. The van der Waals surface area contributed by atoms with Gasteiger partial charge in [0, 0.05) is 5.41 Å². The highest BCUT2D eigenvalue weighted by atomic mass is 32.2. The van der Waals surface area contributed by atoms with Crippen molar-refractivity contribution in [1.82, 2.24) is 0 Å². The summed E-state index contributed by atoms with van der Waals surface area (Å²) < 4.78 is 23.5. The number of hydrogen-bond acceptors (Lipinski definition) is 4. The smallest absolute Gasteiger partial charge is 0.150 e. The van der Waals surface area contributed by atoms with Crippen LogP contribution in [0.2, 0.25) is 0 Å². The standard InChI is InChI=1S/C16H24O4S/c1-12-3-4-13(2)14(7-12)8-16(10-17,11-18)15-5-6-21(19,20)9-15/h3-4,7,15,17-18H,5-6,8-11H2,1-2H3. The summed E-state index contributed by atoms with van der Waals surface area (Å²) in [5.74, 6) is 0.0444. The summed E-state index contributed by atoms with van der Waals surface area (Å²) in [7, 11) is -3.03. The Labute approximate surface area is 126 Å². The molecule has 0 radical (unpaired) electrons. The molecule has 0 aromatic heterocycles. The number of rotatable bonds is 5. The van der Waals surface area contributed by atoms with E-state index in [0.717, 1.165) is 16.7 Å². The molecule has 21 heavy (non-hydrogen) atoms. The van der Waals surface area contributed by atoms with Crippen LogP contribution in [0.25, 0.3) is 0 Å². The molecular weight excluding hydrogens is 288 g/mol. The molecule has 5 heteroatoms. The molecule has 0 amide bonds. The average Bonchev–Trinajstić information content (AvgIpc) is 2.81. The van der Waals surface area contributed by atoms with Crippen LogP contribution in [-0.4, -0.2) is 43.4 Å². The highest BCUT2D eigenvalue weighted by Crippen LogP contribution is 2.39. The second kappa shape index (κ2) is 6.07. The lowest BCUT2D eigenvalue weighted by atomic mass is 9.71. The number of sulfone groups is 1. The van der Waals surface area contributed by atoms with E-state index in [-0.39, 0.29) is 30.6 Å². The van der Waals surface area contributed by atoms with Gasteiger partial charge in [-0.25, -0.2) is 8.42 Å². The fraction of sp³-hybridized carbons (Fsp3) is 0.625. The van der Waals surface area contributed by atoms with Crippen LogP contribution in [0.3, 0.4) is 0 Å². The summed E-state index contributed by atoms with van der Waals surface area (Å²) in [6, 6.07) is 6.10. The number of aliphatic hydroxyl groups is 2. The van der Waals surface area contributed by atoms with E-state index in [1.165, 1.54) is 0 Å². The van der Waals surface area contributed by atoms with Crippen LogP contribution in [0.4, 0.5) is 0 Å². The first-order chi connectivity index (χ1) is 9.82. The van der Waals surface area contributed by atoms with E-state index < -0.39 is 15.3 Å². The topological polar surface area (TPSA) is 74.6 Å². The zero-order valence-corrected chi connectivity index (χ0v) is 13.5. The molecule has 0 aliphatic carbocycles. The van der Waals surface area contributed by atoms with Crippen molar-refractivity contribution in [3.05, 3.63) is 34.9 Å². The Morgan fingerprint density at radius 1 is 1.24 bits per heavy atom. The molecule has 1 fully saturated rings. The van der Waals surface area contributed by atoms with Gasteiger partial charge in [0.05, 0.1) is 24.7 Å². The average molecular weight is 312 g/mol. The Morgan fingerprint density at radius 3 is 2.43 bits per heavy atom. The van der Waals surface area contributed by atoms with Crippen LogP contribution in [-0.2, 0) is 16.3 Å². The summed E-state index contributed by atoms with van der Waals surface area (Å²) in [6.07, 6.45) is 1.03. The lowest BCUT2D eigenvalue weighted by molar-refractivity contribution is 0.0123. The number of aryl methyl sites for hydroxylation is 2. The Hall–Kier alpha value is -0.910. The monoisotopic (exact) mass is 312 g/mol. The fourth-order valence-electron chi connectivity index (χ4n) is 3.21.